The van der Waals surface area contributed by atoms with Gasteiger partial charge in [0, 0.05) is 49.7 Å². The van der Waals surface area contributed by atoms with E-state index in [4.69, 9.17) is 8.83 Å². The van der Waals surface area contributed by atoms with Crippen molar-refractivity contribution in [2.45, 2.75) is 33.1 Å². The summed E-state index contributed by atoms with van der Waals surface area (Å²) in [6.45, 7) is 9.07. The molecule has 0 aliphatic heterocycles. The summed E-state index contributed by atoms with van der Waals surface area (Å²) >= 11 is 0. The Morgan fingerprint density at radius 3 is 1.48 bits per heavy atom. The summed E-state index contributed by atoms with van der Waals surface area (Å²) in [5.74, 6) is 0. The molecule has 0 radical (unpaired) electrons. The lowest BCUT2D eigenvalue weighted by Crippen LogP contribution is -2.17. The lowest BCUT2D eigenvalue weighted by atomic mass is 9.80. The summed E-state index contributed by atoms with van der Waals surface area (Å²) < 4.78 is 13.3. The molecule has 2 heterocycles. The fraction of sp³-hybridized carbons (Fsp3) is 0.0877. The first-order valence-corrected chi connectivity index (χ1v) is 21.1. The average Bonchev–Trinajstić information content (AvgIpc) is 3.92. The Kier molecular flexibility index (Phi) is 7.67. The highest BCUT2D eigenvalue weighted by atomic mass is 16.3. The predicted molar refractivity (Wildman–Crippen MR) is 255 cm³/mol. The largest absolute Gasteiger partial charge is 0.454 e. The Labute approximate surface area is 354 Å². The highest BCUT2D eigenvalue weighted by Crippen LogP contribution is 2.54. The van der Waals surface area contributed by atoms with E-state index in [9.17, 15) is 0 Å². The smallest absolute Gasteiger partial charge is 0.159 e. The van der Waals surface area contributed by atoms with Gasteiger partial charge in [-0.25, -0.2) is 0 Å². The minimum absolute atomic E-state index is 0.276. The fourth-order valence-electron chi connectivity index (χ4n) is 10.1. The van der Waals surface area contributed by atoms with Crippen molar-refractivity contribution in [3.8, 4) is 11.1 Å². The second kappa shape index (κ2) is 13.2. The molecule has 11 aromatic rings. The van der Waals surface area contributed by atoms with E-state index >= 15 is 0 Å². The van der Waals surface area contributed by atoms with Crippen molar-refractivity contribution in [3.05, 3.63) is 204 Å². The molecule has 4 heteroatoms. The molecule has 0 fully saturated rings. The highest BCUT2D eigenvalue weighted by Gasteiger charge is 2.38. The van der Waals surface area contributed by atoms with Gasteiger partial charge < -0.3 is 18.6 Å². The lowest BCUT2D eigenvalue weighted by molar-refractivity contribution is 0.666. The molecular weight excluding hydrogens is 745 g/mol. The van der Waals surface area contributed by atoms with Gasteiger partial charge in [0.2, 0.25) is 0 Å². The number of fused-ring (bicyclic) bond motifs is 11. The normalized spacial score (nSPS) is 13.0. The lowest BCUT2D eigenvalue weighted by Gasteiger charge is -2.29. The Bertz CT molecular complexity index is 3570. The molecule has 292 valence electrons. The van der Waals surface area contributed by atoms with Gasteiger partial charge in [0.15, 0.2) is 11.2 Å². The maximum atomic E-state index is 6.64. The Hall–Kier alpha value is -7.56. The Balaban J connectivity index is 1.00. The average molecular weight is 787 g/mol. The van der Waals surface area contributed by atoms with Gasteiger partial charge in [-0.3, -0.25) is 0 Å². The number of furan rings is 2. The predicted octanol–water partition coefficient (Wildman–Crippen LogP) is 16.5. The molecule has 0 spiro atoms. The molecule has 61 heavy (non-hydrogen) atoms. The minimum Gasteiger partial charge on any atom is -0.454 e. The van der Waals surface area contributed by atoms with Gasteiger partial charge in [-0.1, -0.05) is 123 Å². The Morgan fingerprint density at radius 1 is 0.393 bits per heavy atom. The number of benzene rings is 9. The maximum Gasteiger partial charge on any atom is 0.159 e. The zero-order chi connectivity index (χ0) is 41.0. The zero-order valence-electron chi connectivity index (χ0n) is 34.5. The molecule has 0 N–H and O–H groups in total. The summed E-state index contributed by atoms with van der Waals surface area (Å²) in [5.41, 5.74) is 17.3. The second-order valence-electron chi connectivity index (χ2n) is 17.1. The fourth-order valence-corrected chi connectivity index (χ4v) is 10.1. The number of nitrogens with zero attached hydrogens (tertiary/aromatic N) is 2. The highest BCUT2D eigenvalue weighted by molar-refractivity contribution is 6.12. The van der Waals surface area contributed by atoms with Crippen molar-refractivity contribution < 1.29 is 8.83 Å². The topological polar surface area (TPSA) is 32.8 Å². The summed E-state index contributed by atoms with van der Waals surface area (Å²) in [5, 5.41) is 6.93. The summed E-state index contributed by atoms with van der Waals surface area (Å²) in [6.07, 6.45) is 0. The van der Waals surface area contributed by atoms with Crippen molar-refractivity contribution in [2.75, 3.05) is 9.80 Å². The van der Waals surface area contributed by atoms with Gasteiger partial charge in [0.05, 0.1) is 11.4 Å². The first-order chi connectivity index (χ1) is 29.8. The number of aryl methyl sites for hydroxylation is 2. The zero-order valence-corrected chi connectivity index (χ0v) is 34.5. The van der Waals surface area contributed by atoms with Crippen LogP contribution >= 0.6 is 0 Å². The maximum absolute atomic E-state index is 6.64. The van der Waals surface area contributed by atoms with Crippen LogP contribution in [-0.2, 0) is 5.41 Å². The van der Waals surface area contributed by atoms with Gasteiger partial charge in [0.25, 0.3) is 0 Å². The third-order valence-corrected chi connectivity index (χ3v) is 12.9. The third kappa shape index (κ3) is 5.38. The van der Waals surface area contributed by atoms with Crippen LogP contribution in [0, 0.1) is 13.8 Å². The molecule has 0 saturated carbocycles. The van der Waals surface area contributed by atoms with Gasteiger partial charge >= 0.3 is 0 Å². The molecule has 1 aliphatic carbocycles. The van der Waals surface area contributed by atoms with Crippen molar-refractivity contribution in [1.82, 2.24) is 0 Å². The van der Waals surface area contributed by atoms with E-state index < -0.39 is 0 Å². The van der Waals surface area contributed by atoms with E-state index in [0.29, 0.717) is 0 Å². The third-order valence-electron chi connectivity index (χ3n) is 12.9. The van der Waals surface area contributed by atoms with Crippen LogP contribution < -0.4 is 9.80 Å². The SMILES string of the molecule is Cc1cccc(N(c2ccc3c(c2)C(C)(C)c2c-3ccc3cc(N(c4cccc(C)c4)c4cccc5c4oc4ccccc45)ccc23)c2cccc3c2oc2ccccc23)c1. The molecule has 12 rings (SSSR count). The molecule has 2 aromatic heterocycles. The van der Waals surface area contributed by atoms with Crippen LogP contribution in [0.25, 0.3) is 65.8 Å². The molecule has 0 bridgehead atoms. The second-order valence-corrected chi connectivity index (χ2v) is 17.1. The van der Waals surface area contributed by atoms with E-state index in [2.05, 4.69) is 207 Å². The van der Waals surface area contributed by atoms with Crippen LogP contribution in [0.5, 0.6) is 0 Å². The van der Waals surface area contributed by atoms with E-state index in [-0.39, 0.29) is 5.41 Å². The summed E-state index contributed by atoms with van der Waals surface area (Å²) in [7, 11) is 0. The number of rotatable bonds is 6. The molecule has 4 nitrogen and oxygen atoms in total. The van der Waals surface area contributed by atoms with E-state index in [1.807, 2.05) is 12.1 Å². The number of hydrogen-bond donors (Lipinski definition) is 0. The number of anilines is 6. The van der Waals surface area contributed by atoms with Crippen LogP contribution in [0.2, 0.25) is 0 Å². The van der Waals surface area contributed by atoms with Gasteiger partial charge in [-0.2, -0.15) is 0 Å². The van der Waals surface area contributed by atoms with E-state index in [1.54, 1.807) is 0 Å². The molecule has 0 saturated heterocycles. The van der Waals surface area contributed by atoms with Crippen LogP contribution in [0.3, 0.4) is 0 Å². The monoisotopic (exact) mass is 786 g/mol. The molecule has 0 unspecified atom stereocenters. The Morgan fingerprint density at radius 2 is 0.885 bits per heavy atom. The van der Waals surface area contributed by atoms with Gasteiger partial charge in [-0.15, -0.1) is 0 Å². The van der Waals surface area contributed by atoms with Crippen LogP contribution in [-0.4, -0.2) is 0 Å². The number of hydrogen-bond acceptors (Lipinski definition) is 4. The minimum atomic E-state index is -0.276. The summed E-state index contributed by atoms with van der Waals surface area (Å²) in [4.78, 5) is 4.71. The molecule has 1 aliphatic rings. The molecular formula is C57H42N2O2. The standard InChI is InChI=1S/C57H42N2O2/c1-35-13-9-15-38(31-35)58(50-21-11-19-47-44-17-5-7-23-52(44)60-55(47)50)40-26-29-42-37(33-40)25-28-46-43-30-27-41(34-49(43)57(3,4)54(42)46)59(39-16-10-14-36(2)32-39)51-22-12-20-48-45-18-6-8-24-53(45)61-56(48)51/h5-34H,1-4H3. The quantitative estimate of drug-likeness (QED) is 0.168. The van der Waals surface area contributed by atoms with Gasteiger partial charge in [-0.05, 0) is 131 Å². The first-order valence-electron chi connectivity index (χ1n) is 21.1. The van der Waals surface area contributed by atoms with Gasteiger partial charge in [0.1, 0.15) is 11.2 Å². The first kappa shape index (κ1) is 35.4. The van der Waals surface area contributed by atoms with Crippen molar-refractivity contribution in [2.24, 2.45) is 0 Å². The summed E-state index contributed by atoms with van der Waals surface area (Å²) in [6, 6.07) is 65.7. The van der Waals surface area contributed by atoms with Crippen molar-refractivity contribution >= 4 is 88.8 Å². The van der Waals surface area contributed by atoms with Crippen molar-refractivity contribution in [1.29, 1.82) is 0 Å². The van der Waals surface area contributed by atoms with Crippen LogP contribution in [0.4, 0.5) is 34.1 Å². The molecule has 0 amide bonds. The molecule has 9 aromatic carbocycles. The van der Waals surface area contributed by atoms with Crippen LogP contribution in [0.1, 0.15) is 36.1 Å². The van der Waals surface area contributed by atoms with E-state index in [0.717, 1.165) is 78.0 Å². The number of para-hydroxylation sites is 4. The van der Waals surface area contributed by atoms with Crippen molar-refractivity contribution in [3.63, 3.8) is 0 Å². The van der Waals surface area contributed by atoms with Crippen LogP contribution in [0.15, 0.2) is 191 Å². The molecule has 0 atom stereocenters. The van der Waals surface area contributed by atoms with E-state index in [1.165, 1.54) is 44.2 Å².